The predicted octanol–water partition coefficient (Wildman–Crippen LogP) is 5.45. The van der Waals surface area contributed by atoms with Crippen LogP contribution in [-0.2, 0) is 6.42 Å². The second kappa shape index (κ2) is 13.0. The van der Waals surface area contributed by atoms with Crippen molar-refractivity contribution < 1.29 is 13.6 Å². The number of nitrogens with zero attached hydrogens (tertiary/aromatic N) is 6. The Bertz CT molecular complexity index is 1780. The van der Waals surface area contributed by atoms with Gasteiger partial charge in [0.1, 0.15) is 0 Å². The number of carbonyl (C=O) groups excluding carboxylic acids is 1. The van der Waals surface area contributed by atoms with Gasteiger partial charge in [0.05, 0.1) is 18.0 Å². The van der Waals surface area contributed by atoms with Crippen molar-refractivity contribution in [3.8, 4) is 17.3 Å². The number of aryl methyl sites for hydroxylation is 2. The molecule has 232 valence electrons. The van der Waals surface area contributed by atoms with Gasteiger partial charge in [-0.05, 0) is 68.1 Å². The first-order valence-electron chi connectivity index (χ1n) is 15.3. The minimum Gasteiger partial charge on any atom is -0.371 e. The fourth-order valence-electron chi connectivity index (χ4n) is 6.23. The lowest BCUT2D eigenvalue weighted by atomic mass is 10.0. The van der Waals surface area contributed by atoms with E-state index in [-0.39, 0.29) is 29.9 Å². The van der Waals surface area contributed by atoms with Crippen LogP contribution in [0.25, 0.3) is 16.9 Å². The van der Waals surface area contributed by atoms with Gasteiger partial charge in [0.25, 0.3) is 5.91 Å². The number of imidazole rings is 1. The SMILES string of the molecule is C=C([C@@H]1CCNC1)N1CCN(C(=O)c2ccc(Nc3nccn4c(-c5ccc(CCCC#N)c(F)c5F)cnc34)cc2C)CC1. The number of nitrogens with one attached hydrogen (secondary N) is 2. The fourth-order valence-corrected chi connectivity index (χ4v) is 6.23. The average molecular weight is 611 g/mol. The van der Waals surface area contributed by atoms with Crippen LogP contribution in [0.2, 0.25) is 0 Å². The average Bonchev–Trinajstić information content (AvgIpc) is 3.75. The van der Waals surface area contributed by atoms with Crippen LogP contribution in [0.1, 0.15) is 40.7 Å². The number of unbranched alkanes of at least 4 members (excludes halogenated alkanes) is 1. The molecule has 0 bridgehead atoms. The lowest BCUT2D eigenvalue weighted by Gasteiger charge is -2.38. The minimum atomic E-state index is -0.953. The highest BCUT2D eigenvalue weighted by atomic mass is 19.2. The second-order valence-electron chi connectivity index (χ2n) is 11.6. The number of hydrogen-bond acceptors (Lipinski definition) is 7. The summed E-state index contributed by atoms with van der Waals surface area (Å²) in [6.45, 7) is 11.1. The lowest BCUT2D eigenvalue weighted by Crippen LogP contribution is -2.49. The monoisotopic (exact) mass is 610 g/mol. The van der Waals surface area contributed by atoms with Crippen molar-refractivity contribution in [2.45, 2.75) is 32.6 Å². The summed E-state index contributed by atoms with van der Waals surface area (Å²) in [4.78, 5) is 26.5. The van der Waals surface area contributed by atoms with Crippen LogP contribution in [0.5, 0.6) is 0 Å². The molecule has 4 heterocycles. The van der Waals surface area contributed by atoms with Gasteiger partial charge >= 0.3 is 0 Å². The number of hydrogen-bond donors (Lipinski definition) is 2. The molecule has 2 aliphatic heterocycles. The Labute approximate surface area is 261 Å². The third-order valence-electron chi connectivity index (χ3n) is 8.83. The van der Waals surface area contributed by atoms with E-state index in [2.05, 4.69) is 32.1 Å². The predicted molar refractivity (Wildman–Crippen MR) is 169 cm³/mol. The summed E-state index contributed by atoms with van der Waals surface area (Å²) in [7, 11) is 0. The number of rotatable bonds is 9. The Kier molecular flexibility index (Phi) is 8.76. The number of halogens is 2. The highest BCUT2D eigenvalue weighted by Crippen LogP contribution is 2.30. The Morgan fingerprint density at radius 1 is 1.13 bits per heavy atom. The molecule has 45 heavy (non-hydrogen) atoms. The van der Waals surface area contributed by atoms with E-state index in [0.29, 0.717) is 48.2 Å². The van der Waals surface area contributed by atoms with Gasteiger partial charge in [0.15, 0.2) is 23.1 Å². The zero-order chi connectivity index (χ0) is 31.5. The van der Waals surface area contributed by atoms with Crippen LogP contribution in [0.4, 0.5) is 20.3 Å². The first-order valence-corrected chi connectivity index (χ1v) is 15.3. The molecule has 0 spiro atoms. The maximum Gasteiger partial charge on any atom is 0.254 e. The summed E-state index contributed by atoms with van der Waals surface area (Å²) >= 11 is 0. The van der Waals surface area contributed by atoms with Crippen molar-refractivity contribution in [1.82, 2.24) is 29.5 Å². The van der Waals surface area contributed by atoms with E-state index >= 15 is 4.39 Å². The summed E-state index contributed by atoms with van der Waals surface area (Å²) in [6, 6.07) is 10.7. The van der Waals surface area contributed by atoms with Gasteiger partial charge in [-0.2, -0.15) is 5.26 Å². The third kappa shape index (κ3) is 6.11. The van der Waals surface area contributed by atoms with Gasteiger partial charge in [-0.15, -0.1) is 0 Å². The van der Waals surface area contributed by atoms with E-state index in [9.17, 15) is 9.18 Å². The number of aromatic nitrogens is 3. The van der Waals surface area contributed by atoms with Gasteiger partial charge in [0.2, 0.25) is 0 Å². The van der Waals surface area contributed by atoms with Crippen molar-refractivity contribution in [2.24, 2.45) is 5.92 Å². The molecule has 9 nitrogen and oxygen atoms in total. The Hall–Kier alpha value is -4.82. The van der Waals surface area contributed by atoms with E-state index in [1.165, 1.54) is 11.9 Å². The van der Waals surface area contributed by atoms with Crippen molar-refractivity contribution >= 4 is 23.1 Å². The van der Waals surface area contributed by atoms with Gasteiger partial charge in [0, 0.05) is 80.0 Å². The quantitative estimate of drug-likeness (QED) is 0.243. The van der Waals surface area contributed by atoms with Crippen molar-refractivity contribution in [2.75, 3.05) is 44.6 Å². The molecule has 2 N–H and O–H groups in total. The molecule has 4 aromatic rings. The maximum atomic E-state index is 15.2. The maximum absolute atomic E-state index is 15.2. The van der Waals surface area contributed by atoms with Crippen LogP contribution in [0.3, 0.4) is 0 Å². The molecule has 2 saturated heterocycles. The summed E-state index contributed by atoms with van der Waals surface area (Å²) in [5.74, 6) is -0.941. The van der Waals surface area contributed by atoms with Gasteiger partial charge in [-0.3, -0.25) is 9.20 Å². The molecule has 2 aromatic carbocycles. The number of carbonyl (C=O) groups is 1. The van der Waals surface area contributed by atoms with Crippen LogP contribution in [0, 0.1) is 35.8 Å². The van der Waals surface area contributed by atoms with Crippen LogP contribution in [0.15, 0.2) is 61.2 Å². The number of nitriles is 1. The molecule has 2 aliphatic rings. The molecule has 6 rings (SSSR count). The van der Waals surface area contributed by atoms with Gasteiger partial charge in [-0.25, -0.2) is 18.7 Å². The third-order valence-corrected chi connectivity index (χ3v) is 8.83. The molecular formula is C34H36F2N8O. The molecule has 11 heteroatoms. The molecule has 2 aromatic heterocycles. The number of amides is 1. The van der Waals surface area contributed by atoms with E-state index < -0.39 is 11.6 Å². The van der Waals surface area contributed by atoms with Crippen LogP contribution in [-0.4, -0.2) is 69.3 Å². The van der Waals surface area contributed by atoms with E-state index in [0.717, 1.165) is 43.9 Å². The molecular weight excluding hydrogens is 574 g/mol. The number of anilines is 2. The Morgan fingerprint density at radius 3 is 2.67 bits per heavy atom. The normalized spacial score (nSPS) is 16.6. The van der Waals surface area contributed by atoms with Crippen LogP contribution < -0.4 is 10.6 Å². The summed E-state index contributed by atoms with van der Waals surface area (Å²) in [5.41, 5.74) is 4.53. The number of benzene rings is 2. The summed E-state index contributed by atoms with van der Waals surface area (Å²) < 4.78 is 31.7. The Morgan fingerprint density at radius 2 is 1.93 bits per heavy atom. The van der Waals surface area contributed by atoms with Gasteiger partial charge in [-0.1, -0.05) is 12.6 Å². The molecule has 2 fully saturated rings. The van der Waals surface area contributed by atoms with Gasteiger partial charge < -0.3 is 20.4 Å². The lowest BCUT2D eigenvalue weighted by molar-refractivity contribution is 0.0661. The molecule has 0 radical (unpaired) electrons. The number of fused-ring (bicyclic) bond motifs is 1. The van der Waals surface area contributed by atoms with Crippen molar-refractivity contribution in [3.63, 3.8) is 0 Å². The second-order valence-corrected chi connectivity index (χ2v) is 11.6. The standard InChI is InChI=1S/C34H36F2N8O/c1-22-19-26(7-9-27(22)34(45)43-17-15-42(16-18-43)23(2)25-10-12-38-20-25)41-32-33-40-21-29(44(33)14-13-39-32)28-8-6-24(5-3-4-11-37)30(35)31(28)36/h6-9,13-14,19,21,25,38H,2-5,10,12,15-18,20H2,1H3,(H,39,41)/t25-/m1/s1. The van der Waals surface area contributed by atoms with Crippen molar-refractivity contribution in [1.29, 1.82) is 5.26 Å². The fraction of sp³-hybridized carbons (Fsp3) is 0.353. The van der Waals surface area contributed by atoms with Crippen molar-refractivity contribution in [3.05, 3.63) is 89.5 Å². The van der Waals surface area contributed by atoms with E-state index in [4.69, 9.17) is 5.26 Å². The zero-order valence-corrected chi connectivity index (χ0v) is 25.3. The summed E-state index contributed by atoms with van der Waals surface area (Å²) in [5, 5.41) is 15.4. The smallest absolute Gasteiger partial charge is 0.254 e. The largest absolute Gasteiger partial charge is 0.371 e. The minimum absolute atomic E-state index is 0.00955. The molecule has 0 aliphatic carbocycles. The molecule has 0 unspecified atom stereocenters. The molecule has 1 amide bonds. The highest BCUT2D eigenvalue weighted by molar-refractivity contribution is 5.96. The highest BCUT2D eigenvalue weighted by Gasteiger charge is 2.28. The van der Waals surface area contributed by atoms with E-state index in [1.54, 1.807) is 28.9 Å². The number of piperazine rings is 1. The molecule has 1 atom stereocenters. The zero-order valence-electron chi connectivity index (χ0n) is 25.3. The summed E-state index contributed by atoms with van der Waals surface area (Å²) in [6.07, 6.45) is 6.84. The van der Waals surface area contributed by atoms with E-state index in [1.807, 2.05) is 36.1 Å². The first-order chi connectivity index (χ1) is 21.9. The van der Waals surface area contributed by atoms with Crippen LogP contribution >= 0.6 is 0 Å². The topological polar surface area (TPSA) is 102 Å². The first kappa shape index (κ1) is 30.2. The molecule has 0 saturated carbocycles. The Balaban J connectivity index is 1.15.